The van der Waals surface area contributed by atoms with Crippen molar-refractivity contribution in [3.63, 3.8) is 0 Å². The Morgan fingerprint density at radius 1 is 1.20 bits per heavy atom. The fraction of sp³-hybridized carbons (Fsp3) is 0.188. The van der Waals surface area contributed by atoms with E-state index in [0.717, 1.165) is 17.7 Å². The minimum atomic E-state index is 0.000774. The average molecular weight is 268 g/mol. The Morgan fingerprint density at radius 3 is 2.80 bits per heavy atom. The molecule has 3 N–H and O–H groups in total. The van der Waals surface area contributed by atoms with Crippen LogP contribution in [0.2, 0.25) is 0 Å². The number of anilines is 2. The summed E-state index contributed by atoms with van der Waals surface area (Å²) >= 11 is 0. The molecule has 1 heterocycles. The van der Waals surface area contributed by atoms with Gasteiger partial charge in [0.2, 0.25) is 5.91 Å². The van der Waals surface area contributed by atoms with Crippen molar-refractivity contribution >= 4 is 17.3 Å². The monoisotopic (exact) mass is 268 g/mol. The molecule has 2 aromatic rings. The van der Waals surface area contributed by atoms with Crippen LogP contribution in [0.1, 0.15) is 11.1 Å². The Bertz CT molecular complexity index is 638. The van der Waals surface area contributed by atoms with Crippen molar-refractivity contribution in [2.75, 3.05) is 17.7 Å². The number of hydrogen-bond acceptors (Lipinski definition) is 3. The number of hydrogen-bond donors (Lipinski definition) is 2. The van der Waals surface area contributed by atoms with Crippen LogP contribution in [-0.2, 0) is 17.6 Å². The van der Waals surface area contributed by atoms with E-state index in [9.17, 15) is 4.79 Å². The predicted molar refractivity (Wildman–Crippen MR) is 78.8 cm³/mol. The van der Waals surface area contributed by atoms with Crippen LogP contribution in [0.3, 0.4) is 0 Å². The van der Waals surface area contributed by atoms with Crippen molar-refractivity contribution in [2.45, 2.75) is 12.8 Å². The second-order valence-corrected chi connectivity index (χ2v) is 4.86. The SMILES string of the molecule is Nc1cc2c(cc1OCCc1ccccc1)NC(=O)C2. The molecule has 1 aliphatic rings. The van der Waals surface area contributed by atoms with Crippen molar-refractivity contribution < 1.29 is 9.53 Å². The summed E-state index contributed by atoms with van der Waals surface area (Å²) in [5.41, 5.74) is 9.49. The van der Waals surface area contributed by atoms with Gasteiger partial charge in [-0.1, -0.05) is 30.3 Å². The van der Waals surface area contributed by atoms with Crippen molar-refractivity contribution in [3.05, 3.63) is 53.6 Å². The Balaban J connectivity index is 1.66. The number of rotatable bonds is 4. The lowest BCUT2D eigenvalue weighted by molar-refractivity contribution is -0.115. The van der Waals surface area contributed by atoms with Crippen LogP contribution in [0.15, 0.2) is 42.5 Å². The summed E-state index contributed by atoms with van der Waals surface area (Å²) in [7, 11) is 0. The molecule has 2 aromatic carbocycles. The van der Waals surface area contributed by atoms with Crippen LogP contribution in [0, 0.1) is 0 Å². The third-order valence-electron chi connectivity index (χ3n) is 3.35. The van der Waals surface area contributed by atoms with Gasteiger partial charge in [-0.15, -0.1) is 0 Å². The van der Waals surface area contributed by atoms with Crippen molar-refractivity contribution in [1.82, 2.24) is 0 Å². The summed E-state index contributed by atoms with van der Waals surface area (Å²) in [5, 5.41) is 2.80. The van der Waals surface area contributed by atoms with Crippen molar-refractivity contribution in [1.29, 1.82) is 0 Å². The van der Waals surface area contributed by atoms with Gasteiger partial charge in [-0.05, 0) is 17.2 Å². The summed E-state index contributed by atoms with van der Waals surface area (Å²) in [6.45, 7) is 0.556. The van der Waals surface area contributed by atoms with Crippen LogP contribution in [-0.4, -0.2) is 12.5 Å². The molecule has 1 aliphatic heterocycles. The van der Waals surface area contributed by atoms with E-state index in [1.807, 2.05) is 24.3 Å². The molecule has 0 spiro atoms. The highest BCUT2D eigenvalue weighted by molar-refractivity contribution is 6.00. The standard InChI is InChI=1S/C16H16N2O2/c17-13-8-12-9-16(19)18-14(12)10-15(13)20-7-6-11-4-2-1-3-5-11/h1-5,8,10H,6-7,9,17H2,(H,18,19). The summed E-state index contributed by atoms with van der Waals surface area (Å²) in [4.78, 5) is 11.3. The molecule has 0 aromatic heterocycles. The van der Waals surface area contributed by atoms with Crippen LogP contribution in [0.4, 0.5) is 11.4 Å². The van der Waals surface area contributed by atoms with E-state index in [1.165, 1.54) is 5.56 Å². The van der Waals surface area contributed by atoms with E-state index >= 15 is 0 Å². The molecule has 0 saturated heterocycles. The maximum absolute atomic E-state index is 11.3. The topological polar surface area (TPSA) is 64.3 Å². The number of nitrogens with two attached hydrogens (primary N) is 1. The van der Waals surface area contributed by atoms with E-state index in [2.05, 4.69) is 17.4 Å². The fourth-order valence-corrected chi connectivity index (χ4v) is 2.32. The molecule has 0 unspecified atom stereocenters. The minimum Gasteiger partial charge on any atom is -0.491 e. The smallest absolute Gasteiger partial charge is 0.228 e. The van der Waals surface area contributed by atoms with E-state index in [-0.39, 0.29) is 5.91 Å². The van der Waals surface area contributed by atoms with Crippen molar-refractivity contribution in [2.24, 2.45) is 0 Å². The molecule has 0 saturated carbocycles. The molecular weight excluding hydrogens is 252 g/mol. The normalized spacial score (nSPS) is 12.9. The van der Waals surface area contributed by atoms with Gasteiger partial charge < -0.3 is 15.8 Å². The molecule has 0 bridgehead atoms. The molecule has 0 aliphatic carbocycles. The van der Waals surface area contributed by atoms with Crippen LogP contribution in [0.5, 0.6) is 5.75 Å². The van der Waals surface area contributed by atoms with Gasteiger partial charge in [0.15, 0.2) is 0 Å². The van der Waals surface area contributed by atoms with Crippen LogP contribution < -0.4 is 15.8 Å². The molecule has 4 heteroatoms. The second kappa shape index (κ2) is 5.25. The van der Waals surface area contributed by atoms with Crippen molar-refractivity contribution in [3.8, 4) is 5.75 Å². The van der Waals surface area contributed by atoms with Gasteiger partial charge in [0.25, 0.3) is 0 Å². The van der Waals surface area contributed by atoms with E-state index in [0.29, 0.717) is 24.5 Å². The molecule has 102 valence electrons. The molecule has 4 nitrogen and oxygen atoms in total. The lowest BCUT2D eigenvalue weighted by Crippen LogP contribution is -2.04. The summed E-state index contributed by atoms with van der Waals surface area (Å²) < 4.78 is 5.72. The van der Waals surface area contributed by atoms with Gasteiger partial charge in [-0.25, -0.2) is 0 Å². The number of nitrogen functional groups attached to an aromatic ring is 1. The third-order valence-corrected chi connectivity index (χ3v) is 3.35. The number of carbonyl (C=O) groups is 1. The van der Waals surface area contributed by atoms with E-state index < -0.39 is 0 Å². The lowest BCUT2D eigenvalue weighted by atomic mass is 10.1. The molecule has 3 rings (SSSR count). The van der Waals surface area contributed by atoms with Crippen LogP contribution >= 0.6 is 0 Å². The molecule has 1 amide bonds. The number of ether oxygens (including phenoxy) is 1. The van der Waals surface area contributed by atoms with Gasteiger partial charge in [0.05, 0.1) is 18.7 Å². The average Bonchev–Trinajstić information content (AvgIpc) is 2.79. The Labute approximate surface area is 117 Å². The predicted octanol–water partition coefficient (Wildman–Crippen LogP) is 2.38. The summed E-state index contributed by atoms with van der Waals surface area (Å²) in [6, 6.07) is 13.8. The highest BCUT2D eigenvalue weighted by Crippen LogP contribution is 2.33. The summed E-state index contributed by atoms with van der Waals surface area (Å²) in [6.07, 6.45) is 1.22. The number of amides is 1. The van der Waals surface area contributed by atoms with Gasteiger partial charge in [0.1, 0.15) is 5.75 Å². The molecule has 0 fully saturated rings. The largest absolute Gasteiger partial charge is 0.491 e. The Morgan fingerprint density at radius 2 is 2.00 bits per heavy atom. The van der Waals surface area contributed by atoms with Gasteiger partial charge in [-0.2, -0.15) is 0 Å². The van der Waals surface area contributed by atoms with E-state index in [1.54, 1.807) is 6.07 Å². The number of nitrogens with one attached hydrogen (secondary N) is 1. The molecule has 0 radical (unpaired) electrons. The quantitative estimate of drug-likeness (QED) is 0.837. The zero-order valence-corrected chi connectivity index (χ0v) is 11.1. The summed E-state index contributed by atoms with van der Waals surface area (Å²) in [5.74, 6) is 0.628. The fourth-order valence-electron chi connectivity index (χ4n) is 2.32. The zero-order chi connectivity index (χ0) is 13.9. The first-order valence-corrected chi connectivity index (χ1v) is 6.61. The lowest BCUT2D eigenvalue weighted by Gasteiger charge is -2.11. The first kappa shape index (κ1) is 12.5. The number of fused-ring (bicyclic) bond motifs is 1. The molecule has 0 atom stereocenters. The zero-order valence-electron chi connectivity index (χ0n) is 11.1. The highest BCUT2D eigenvalue weighted by Gasteiger charge is 2.19. The van der Waals surface area contributed by atoms with Gasteiger partial charge in [-0.3, -0.25) is 4.79 Å². The Hall–Kier alpha value is -2.49. The number of carbonyl (C=O) groups excluding carboxylic acids is 1. The highest BCUT2D eigenvalue weighted by atomic mass is 16.5. The maximum atomic E-state index is 11.3. The Kier molecular flexibility index (Phi) is 3.29. The minimum absolute atomic E-state index is 0.000774. The van der Waals surface area contributed by atoms with E-state index in [4.69, 9.17) is 10.5 Å². The molecule has 20 heavy (non-hydrogen) atoms. The third kappa shape index (κ3) is 2.59. The first-order valence-electron chi connectivity index (χ1n) is 6.61. The second-order valence-electron chi connectivity index (χ2n) is 4.86. The number of benzene rings is 2. The van der Waals surface area contributed by atoms with Gasteiger partial charge in [0, 0.05) is 18.2 Å². The van der Waals surface area contributed by atoms with Gasteiger partial charge >= 0.3 is 0 Å². The maximum Gasteiger partial charge on any atom is 0.228 e. The first-order chi connectivity index (χ1) is 9.72. The van der Waals surface area contributed by atoms with Crippen LogP contribution in [0.25, 0.3) is 0 Å². The molecular formula is C16H16N2O2.